The fraction of sp³-hybridized carbons (Fsp3) is 0.364. The number of hydrogen-bond acceptors (Lipinski definition) is 3. The summed E-state index contributed by atoms with van der Waals surface area (Å²) in [7, 11) is 0. The Morgan fingerprint density at radius 2 is 1.94 bits per heavy atom. The Kier molecular flexibility index (Phi) is 11.7. The summed E-state index contributed by atoms with van der Waals surface area (Å²) in [6, 6.07) is 0. The molecular weight excluding hydrogens is 288 g/mol. The molecule has 0 rings (SSSR count). The van der Waals surface area contributed by atoms with E-state index in [2.05, 4.69) is 34.4 Å². The van der Waals surface area contributed by atoms with Crippen LogP contribution in [-0.2, 0) is 4.79 Å². The highest BCUT2D eigenvalue weighted by Crippen LogP contribution is 2.05. The van der Waals surface area contributed by atoms with Gasteiger partial charge in [0, 0.05) is 17.8 Å². The van der Waals surface area contributed by atoms with Crippen LogP contribution >= 0.6 is 15.9 Å². The summed E-state index contributed by atoms with van der Waals surface area (Å²) in [6.07, 6.45) is 2.51. The van der Waals surface area contributed by atoms with Crippen molar-refractivity contribution >= 4 is 21.8 Å². The molecule has 0 aromatic rings. The van der Waals surface area contributed by atoms with Crippen LogP contribution in [0.2, 0.25) is 0 Å². The van der Waals surface area contributed by atoms with E-state index in [1.807, 2.05) is 13.8 Å². The molecule has 6 heteroatoms. The van der Waals surface area contributed by atoms with Crippen molar-refractivity contribution in [3.63, 3.8) is 0 Å². The van der Waals surface area contributed by atoms with Crippen LogP contribution in [0.1, 0.15) is 20.3 Å². The molecule has 0 atom stereocenters. The van der Waals surface area contributed by atoms with Crippen LogP contribution in [0, 0.1) is 10.1 Å². The van der Waals surface area contributed by atoms with E-state index in [1.54, 1.807) is 0 Å². The molecular formula is C11H17BrN2O3. The van der Waals surface area contributed by atoms with Crippen molar-refractivity contribution in [3.8, 4) is 0 Å². The van der Waals surface area contributed by atoms with Crippen LogP contribution in [0.3, 0.4) is 0 Å². The van der Waals surface area contributed by atoms with Crippen molar-refractivity contribution in [3.05, 3.63) is 46.8 Å². The van der Waals surface area contributed by atoms with Crippen LogP contribution in [-0.4, -0.2) is 16.2 Å². The van der Waals surface area contributed by atoms with Gasteiger partial charge < -0.3 is 5.32 Å². The number of nitro groups is 1. The number of alkyl halides is 1. The van der Waals surface area contributed by atoms with E-state index in [-0.39, 0.29) is 23.7 Å². The quantitative estimate of drug-likeness (QED) is 0.355. The van der Waals surface area contributed by atoms with Crippen molar-refractivity contribution in [1.29, 1.82) is 0 Å². The summed E-state index contributed by atoms with van der Waals surface area (Å²) in [4.78, 5) is 21.1. The second-order valence-electron chi connectivity index (χ2n) is 2.45. The molecule has 1 N–H and O–H groups in total. The topological polar surface area (TPSA) is 72.2 Å². The molecule has 96 valence electrons. The van der Waals surface area contributed by atoms with Crippen LogP contribution < -0.4 is 5.32 Å². The minimum Gasteiger partial charge on any atom is -0.320 e. The van der Waals surface area contributed by atoms with Crippen molar-refractivity contribution in [2.75, 3.05) is 5.33 Å². The first kappa shape index (κ1) is 17.9. The normalized spacial score (nSPS) is 10.3. The van der Waals surface area contributed by atoms with E-state index in [9.17, 15) is 14.9 Å². The Morgan fingerprint density at radius 3 is 2.24 bits per heavy atom. The van der Waals surface area contributed by atoms with Gasteiger partial charge in [-0.1, -0.05) is 42.9 Å². The van der Waals surface area contributed by atoms with Gasteiger partial charge >= 0.3 is 0 Å². The van der Waals surface area contributed by atoms with Gasteiger partial charge in [-0.3, -0.25) is 14.9 Å². The summed E-state index contributed by atoms with van der Waals surface area (Å²) in [5, 5.41) is 13.4. The number of rotatable bonds is 6. The maximum Gasteiger partial charge on any atom is 0.292 e. The van der Waals surface area contributed by atoms with Crippen LogP contribution in [0.4, 0.5) is 0 Å². The third-order valence-electron chi connectivity index (χ3n) is 1.47. The molecule has 0 radical (unpaired) electrons. The molecule has 0 bridgehead atoms. The minimum absolute atomic E-state index is 0.0564. The highest BCUT2D eigenvalue weighted by Gasteiger charge is 2.14. The van der Waals surface area contributed by atoms with Gasteiger partial charge in [0.25, 0.3) is 5.70 Å². The van der Waals surface area contributed by atoms with Gasteiger partial charge in [0.15, 0.2) is 0 Å². The molecule has 0 aromatic carbocycles. The number of nitrogens with one attached hydrogen (secondary N) is 1. The van der Waals surface area contributed by atoms with Gasteiger partial charge in [-0.25, -0.2) is 0 Å². The van der Waals surface area contributed by atoms with Gasteiger partial charge in [0.1, 0.15) is 5.70 Å². The first-order valence-electron chi connectivity index (χ1n) is 5.06. The van der Waals surface area contributed by atoms with Gasteiger partial charge in [-0.15, -0.1) is 0 Å². The lowest BCUT2D eigenvalue weighted by atomic mass is 10.3. The number of allylic oxidation sites excluding steroid dienone is 2. The first-order valence-corrected chi connectivity index (χ1v) is 6.18. The van der Waals surface area contributed by atoms with Crippen LogP contribution in [0.5, 0.6) is 0 Å². The largest absolute Gasteiger partial charge is 0.320 e. The maximum absolute atomic E-state index is 11.2. The minimum atomic E-state index is -0.627. The second kappa shape index (κ2) is 11.1. The lowest BCUT2D eigenvalue weighted by Crippen LogP contribution is -2.24. The Hall–Kier alpha value is -1.43. The fourth-order valence-corrected chi connectivity index (χ4v) is 1.16. The third-order valence-corrected chi connectivity index (χ3v) is 1.86. The molecule has 0 unspecified atom stereocenters. The lowest BCUT2D eigenvalue weighted by Gasteiger charge is -2.04. The molecule has 0 heterocycles. The van der Waals surface area contributed by atoms with E-state index in [4.69, 9.17) is 0 Å². The molecule has 0 aliphatic carbocycles. The molecule has 17 heavy (non-hydrogen) atoms. The molecule has 0 saturated heterocycles. The predicted octanol–water partition coefficient (Wildman–Crippen LogP) is 2.77. The average molecular weight is 305 g/mol. The van der Waals surface area contributed by atoms with E-state index >= 15 is 0 Å². The highest BCUT2D eigenvalue weighted by molar-refractivity contribution is 9.09. The highest BCUT2D eigenvalue weighted by atomic mass is 79.9. The molecule has 5 nitrogen and oxygen atoms in total. The lowest BCUT2D eigenvalue weighted by molar-refractivity contribution is -0.420. The summed E-state index contributed by atoms with van der Waals surface area (Å²) in [6.45, 7) is 10.7. The first-order chi connectivity index (χ1) is 8.06. The standard InChI is InChI=1S/C9H11BrN2O3.C2H6/c1-3-7(8(4-2)12(14)15)11-9(13)5-6-10;1-2/h3-4H,1-2,5-6H2,(H,11,13);1-2H3/b8-7-;. The van der Waals surface area contributed by atoms with E-state index in [1.165, 1.54) is 6.08 Å². The Morgan fingerprint density at radius 1 is 1.41 bits per heavy atom. The second-order valence-corrected chi connectivity index (χ2v) is 3.24. The number of nitrogens with zero attached hydrogens (tertiary/aromatic N) is 1. The monoisotopic (exact) mass is 304 g/mol. The Balaban J connectivity index is 0. The van der Waals surface area contributed by atoms with Crippen molar-refractivity contribution < 1.29 is 9.72 Å². The van der Waals surface area contributed by atoms with E-state index in [0.717, 1.165) is 6.08 Å². The zero-order valence-electron chi connectivity index (χ0n) is 10.0. The van der Waals surface area contributed by atoms with Gasteiger partial charge in [-0.05, 0) is 6.08 Å². The van der Waals surface area contributed by atoms with Crippen molar-refractivity contribution in [2.45, 2.75) is 20.3 Å². The summed E-state index contributed by atoms with van der Waals surface area (Å²) in [5.41, 5.74) is -0.214. The van der Waals surface area contributed by atoms with Crippen molar-refractivity contribution in [1.82, 2.24) is 5.32 Å². The average Bonchev–Trinajstić information content (AvgIpc) is 2.31. The van der Waals surface area contributed by atoms with Gasteiger partial charge in [0.2, 0.25) is 5.91 Å². The van der Waals surface area contributed by atoms with Gasteiger partial charge in [-0.2, -0.15) is 0 Å². The number of carbonyl (C=O) groups excluding carboxylic acids is 1. The maximum atomic E-state index is 11.2. The summed E-state index contributed by atoms with van der Waals surface area (Å²) >= 11 is 3.09. The van der Waals surface area contributed by atoms with E-state index < -0.39 is 4.92 Å². The smallest absolute Gasteiger partial charge is 0.292 e. The molecule has 1 amide bonds. The molecule has 0 saturated carbocycles. The molecule has 0 spiro atoms. The number of carbonyl (C=O) groups is 1. The summed E-state index contributed by atoms with van der Waals surface area (Å²) < 4.78 is 0. The van der Waals surface area contributed by atoms with Crippen LogP contribution in [0.15, 0.2) is 36.7 Å². The van der Waals surface area contributed by atoms with Crippen LogP contribution in [0.25, 0.3) is 0 Å². The number of hydrogen-bond donors (Lipinski definition) is 1. The Bertz CT molecular complexity index is 325. The molecule has 0 fully saturated rings. The zero-order chi connectivity index (χ0) is 13.8. The molecule has 0 aliphatic rings. The molecule has 0 aromatic heterocycles. The number of halogens is 1. The fourth-order valence-electron chi connectivity index (χ4n) is 0.801. The Labute approximate surface area is 110 Å². The molecule has 0 aliphatic heterocycles. The summed E-state index contributed by atoms with van der Waals surface area (Å²) in [5.74, 6) is -0.317. The van der Waals surface area contributed by atoms with E-state index in [0.29, 0.717) is 5.33 Å². The van der Waals surface area contributed by atoms with Crippen molar-refractivity contribution in [2.24, 2.45) is 0 Å². The SMILES string of the molecule is C=C/C(NC(=O)CCBr)=C(\C=C)[N+](=O)[O-].CC. The zero-order valence-corrected chi connectivity index (χ0v) is 11.6. The number of amides is 1. The predicted molar refractivity (Wildman–Crippen MR) is 72.3 cm³/mol. The third kappa shape index (κ3) is 7.46. The van der Waals surface area contributed by atoms with Gasteiger partial charge in [0.05, 0.1) is 4.92 Å².